The number of nitrogens with one attached hydrogen (secondary N) is 1. The number of fused-ring (bicyclic) bond motifs is 2. The normalized spacial score (nSPS) is 11.1. The van der Waals surface area contributed by atoms with Gasteiger partial charge in [-0.25, -0.2) is 4.98 Å². The molecule has 5 aromatic rings. The van der Waals surface area contributed by atoms with Crippen LogP contribution < -0.4 is 10.1 Å². The van der Waals surface area contributed by atoms with E-state index in [-0.39, 0.29) is 10.8 Å². The summed E-state index contributed by atoms with van der Waals surface area (Å²) < 4.78 is 12.2. The number of furan rings is 1. The van der Waals surface area contributed by atoms with Crippen molar-refractivity contribution in [3.05, 3.63) is 77.5 Å². The molecule has 30 heavy (non-hydrogen) atoms. The fourth-order valence-corrected chi connectivity index (χ4v) is 4.52. The molecule has 3 aromatic carbocycles. The van der Waals surface area contributed by atoms with Gasteiger partial charge < -0.3 is 14.5 Å². The zero-order chi connectivity index (χ0) is 20.7. The number of aromatic nitrogens is 1. The molecule has 2 aromatic heterocycles. The van der Waals surface area contributed by atoms with Crippen molar-refractivity contribution in [3.63, 3.8) is 0 Å². The minimum absolute atomic E-state index is 0.0605. The summed E-state index contributed by atoms with van der Waals surface area (Å²) >= 11 is 7.96. The van der Waals surface area contributed by atoms with Gasteiger partial charge in [-0.15, -0.1) is 11.3 Å². The summed E-state index contributed by atoms with van der Waals surface area (Å²) in [6, 6.07) is 20.8. The Kier molecular flexibility index (Phi) is 4.65. The second-order valence-electron chi connectivity index (χ2n) is 6.60. The minimum atomic E-state index is -0.448. The molecule has 5 rings (SSSR count). The van der Waals surface area contributed by atoms with Crippen LogP contribution in [0.1, 0.15) is 10.6 Å². The van der Waals surface area contributed by atoms with E-state index in [1.165, 1.54) is 0 Å². The van der Waals surface area contributed by atoms with Gasteiger partial charge in [0, 0.05) is 10.9 Å². The fraction of sp³-hybridized carbons (Fsp3) is 0.0435. The Hall–Kier alpha value is -3.35. The lowest BCUT2D eigenvalue weighted by atomic mass is 10.2. The minimum Gasteiger partial charge on any atom is -0.495 e. The molecule has 2 heterocycles. The number of anilines is 1. The molecule has 0 bridgehead atoms. The first-order valence-electron chi connectivity index (χ1n) is 9.16. The van der Waals surface area contributed by atoms with Crippen LogP contribution in [-0.4, -0.2) is 18.0 Å². The van der Waals surface area contributed by atoms with Crippen LogP contribution in [0.5, 0.6) is 5.75 Å². The highest BCUT2D eigenvalue weighted by Crippen LogP contribution is 2.36. The Morgan fingerprint density at radius 3 is 2.70 bits per heavy atom. The maximum absolute atomic E-state index is 12.9. The lowest BCUT2D eigenvalue weighted by Crippen LogP contribution is -2.12. The molecule has 5 nitrogen and oxygen atoms in total. The zero-order valence-electron chi connectivity index (χ0n) is 15.8. The Morgan fingerprint density at radius 1 is 1.10 bits per heavy atom. The van der Waals surface area contributed by atoms with Crippen molar-refractivity contribution in [1.82, 2.24) is 4.98 Å². The van der Waals surface area contributed by atoms with Crippen molar-refractivity contribution in [3.8, 4) is 16.3 Å². The topological polar surface area (TPSA) is 64.4 Å². The molecule has 0 radical (unpaired) electrons. The predicted molar refractivity (Wildman–Crippen MR) is 121 cm³/mol. The summed E-state index contributed by atoms with van der Waals surface area (Å²) in [4.78, 5) is 17.6. The van der Waals surface area contributed by atoms with Gasteiger partial charge >= 0.3 is 0 Å². The molecule has 0 aliphatic heterocycles. The summed E-state index contributed by atoms with van der Waals surface area (Å²) in [5, 5.41) is 4.69. The summed E-state index contributed by atoms with van der Waals surface area (Å²) in [7, 11) is 1.55. The molecule has 0 fully saturated rings. The van der Waals surface area contributed by atoms with Crippen LogP contribution in [0.2, 0.25) is 5.02 Å². The average Bonchev–Trinajstić information content (AvgIpc) is 3.35. The van der Waals surface area contributed by atoms with Crippen molar-refractivity contribution in [2.24, 2.45) is 0 Å². The van der Waals surface area contributed by atoms with E-state index in [0.29, 0.717) is 22.4 Å². The van der Waals surface area contributed by atoms with Gasteiger partial charge in [-0.2, -0.15) is 0 Å². The van der Waals surface area contributed by atoms with Gasteiger partial charge in [-0.3, -0.25) is 4.79 Å². The van der Waals surface area contributed by atoms with Gasteiger partial charge in [0.25, 0.3) is 5.91 Å². The molecular weight excluding hydrogens is 420 g/mol. The van der Waals surface area contributed by atoms with Gasteiger partial charge in [0.05, 0.1) is 28.0 Å². The van der Waals surface area contributed by atoms with Gasteiger partial charge in [-0.1, -0.05) is 35.9 Å². The second kappa shape index (κ2) is 7.48. The summed E-state index contributed by atoms with van der Waals surface area (Å²) in [5.41, 5.74) is 2.88. The third-order valence-electron chi connectivity index (χ3n) is 4.73. The summed E-state index contributed by atoms with van der Waals surface area (Å²) in [5.74, 6) is 0.140. The SMILES string of the molecule is COc1ccc(-c2nc3ccccc3s2)cc1NC(=O)c1oc2ccccc2c1Cl. The van der Waals surface area contributed by atoms with Crippen LogP contribution in [0, 0.1) is 0 Å². The van der Waals surface area contributed by atoms with Crippen molar-refractivity contribution in [2.45, 2.75) is 0 Å². The van der Waals surface area contributed by atoms with Crippen LogP contribution in [0.4, 0.5) is 5.69 Å². The second-order valence-corrected chi connectivity index (χ2v) is 8.01. The van der Waals surface area contributed by atoms with Crippen molar-refractivity contribution in [1.29, 1.82) is 0 Å². The highest BCUT2D eigenvalue weighted by molar-refractivity contribution is 7.21. The first-order valence-corrected chi connectivity index (χ1v) is 10.4. The van der Waals surface area contributed by atoms with E-state index in [9.17, 15) is 4.79 Å². The molecule has 0 atom stereocenters. The number of hydrogen-bond donors (Lipinski definition) is 1. The van der Waals surface area contributed by atoms with Crippen molar-refractivity contribution < 1.29 is 13.9 Å². The number of carbonyl (C=O) groups is 1. The third kappa shape index (κ3) is 3.20. The Bertz CT molecular complexity index is 1370. The Balaban J connectivity index is 1.52. The highest BCUT2D eigenvalue weighted by atomic mass is 35.5. The van der Waals surface area contributed by atoms with Gasteiger partial charge in [0.2, 0.25) is 5.76 Å². The quantitative estimate of drug-likeness (QED) is 0.345. The van der Waals surface area contributed by atoms with Crippen LogP contribution in [0.15, 0.2) is 71.1 Å². The Labute approximate surface area is 180 Å². The Morgan fingerprint density at radius 2 is 1.90 bits per heavy atom. The molecule has 0 saturated heterocycles. The van der Waals surface area contributed by atoms with Crippen LogP contribution in [-0.2, 0) is 0 Å². The molecule has 0 spiro atoms. The van der Waals surface area contributed by atoms with Gasteiger partial charge in [0.15, 0.2) is 0 Å². The number of amides is 1. The number of benzene rings is 3. The molecule has 1 N–H and O–H groups in total. The molecule has 1 amide bonds. The van der Waals surface area contributed by atoms with E-state index in [0.717, 1.165) is 20.8 Å². The maximum atomic E-state index is 12.9. The van der Waals surface area contributed by atoms with E-state index in [1.807, 2.05) is 54.6 Å². The molecule has 0 unspecified atom stereocenters. The van der Waals surface area contributed by atoms with Crippen LogP contribution in [0.3, 0.4) is 0 Å². The van der Waals surface area contributed by atoms with Gasteiger partial charge in [-0.05, 0) is 42.5 Å². The standard InChI is InChI=1S/C23H15ClN2O3S/c1-28-18-11-10-13(23-26-15-7-3-5-9-19(15)30-23)12-16(18)25-22(27)21-20(24)14-6-2-4-8-17(14)29-21/h2-12H,1H3,(H,25,27). The van der Waals surface area contributed by atoms with E-state index in [4.69, 9.17) is 20.8 Å². The number of ether oxygens (including phenoxy) is 1. The van der Waals surface area contributed by atoms with E-state index < -0.39 is 5.91 Å². The molecule has 0 saturated carbocycles. The number of hydrogen-bond acceptors (Lipinski definition) is 5. The lowest BCUT2D eigenvalue weighted by Gasteiger charge is -2.11. The van der Waals surface area contributed by atoms with Crippen LogP contribution >= 0.6 is 22.9 Å². The molecule has 0 aliphatic carbocycles. The van der Waals surface area contributed by atoms with Crippen molar-refractivity contribution in [2.75, 3.05) is 12.4 Å². The van der Waals surface area contributed by atoms with Crippen molar-refractivity contribution >= 4 is 55.7 Å². The van der Waals surface area contributed by atoms with E-state index in [1.54, 1.807) is 30.6 Å². The largest absolute Gasteiger partial charge is 0.495 e. The number of halogens is 1. The molecule has 7 heteroatoms. The fourth-order valence-electron chi connectivity index (χ4n) is 3.27. The highest BCUT2D eigenvalue weighted by Gasteiger charge is 2.21. The third-order valence-corrected chi connectivity index (χ3v) is 6.19. The number of thiazole rings is 1. The number of para-hydroxylation sites is 2. The summed E-state index contributed by atoms with van der Waals surface area (Å²) in [6.45, 7) is 0. The average molecular weight is 435 g/mol. The first kappa shape index (κ1) is 18.7. The zero-order valence-corrected chi connectivity index (χ0v) is 17.4. The van der Waals surface area contributed by atoms with Gasteiger partial charge in [0.1, 0.15) is 16.3 Å². The maximum Gasteiger partial charge on any atom is 0.293 e. The molecule has 148 valence electrons. The smallest absolute Gasteiger partial charge is 0.293 e. The predicted octanol–water partition coefficient (Wildman–Crippen LogP) is 6.62. The number of nitrogens with zero attached hydrogens (tertiary/aromatic N) is 1. The van der Waals surface area contributed by atoms with Crippen LogP contribution in [0.25, 0.3) is 31.8 Å². The molecule has 0 aliphatic rings. The number of methoxy groups -OCH3 is 1. The van der Waals surface area contributed by atoms with E-state index >= 15 is 0 Å². The first-order chi connectivity index (χ1) is 14.6. The lowest BCUT2D eigenvalue weighted by molar-refractivity contribution is 0.0998. The summed E-state index contributed by atoms with van der Waals surface area (Å²) in [6.07, 6.45) is 0. The molecular formula is C23H15ClN2O3S. The van der Waals surface area contributed by atoms with E-state index in [2.05, 4.69) is 10.3 Å². The number of carbonyl (C=O) groups excluding carboxylic acids is 1. The number of rotatable bonds is 4. The monoisotopic (exact) mass is 434 g/mol.